The normalized spacial score (nSPS) is 13.7. The second-order valence-corrected chi connectivity index (χ2v) is 4.54. The summed E-state index contributed by atoms with van der Waals surface area (Å²) < 4.78 is 5.66. The lowest BCUT2D eigenvalue weighted by atomic mass is 10.0. The first-order valence-corrected chi connectivity index (χ1v) is 5.40. The van der Waals surface area contributed by atoms with Crippen LogP contribution in [0, 0.1) is 5.92 Å². The molecule has 1 heterocycles. The van der Waals surface area contributed by atoms with Crippen LogP contribution in [0.15, 0.2) is 28.7 Å². The van der Waals surface area contributed by atoms with Gasteiger partial charge < -0.3 is 10.2 Å². The zero-order valence-electron chi connectivity index (χ0n) is 8.83. The Hall–Kier alpha value is -0.990. The van der Waals surface area contributed by atoms with E-state index < -0.39 is 0 Å². The molecule has 15 heavy (non-hydrogen) atoms. The minimum absolute atomic E-state index is 0.0591. The molecule has 0 aliphatic carbocycles. The minimum Gasteiger partial charge on any atom is -0.459 e. The van der Waals surface area contributed by atoms with Gasteiger partial charge in [-0.05, 0) is 30.2 Å². The van der Waals surface area contributed by atoms with Crippen LogP contribution in [0.1, 0.15) is 25.6 Å². The molecule has 2 nitrogen and oxygen atoms in total. The van der Waals surface area contributed by atoms with Crippen LogP contribution in [-0.4, -0.2) is 0 Å². The second kappa shape index (κ2) is 3.87. The van der Waals surface area contributed by atoms with Gasteiger partial charge in [-0.2, -0.15) is 0 Å². The predicted molar refractivity (Wildman–Crippen MR) is 63.0 cm³/mol. The highest BCUT2D eigenvalue weighted by Crippen LogP contribution is 2.28. The molecule has 0 saturated carbocycles. The molecular formula is C12H14ClNO. The molecule has 0 bridgehead atoms. The molecule has 3 heteroatoms. The van der Waals surface area contributed by atoms with E-state index in [1.54, 1.807) is 0 Å². The largest absolute Gasteiger partial charge is 0.459 e. The summed E-state index contributed by atoms with van der Waals surface area (Å²) in [6.45, 7) is 4.15. The van der Waals surface area contributed by atoms with Crippen LogP contribution >= 0.6 is 11.6 Å². The maximum atomic E-state index is 6.01. The number of nitrogens with two attached hydrogens (primary N) is 1. The fourth-order valence-electron chi connectivity index (χ4n) is 1.53. The second-order valence-electron chi connectivity index (χ2n) is 4.10. The van der Waals surface area contributed by atoms with Crippen LogP contribution in [0.3, 0.4) is 0 Å². The van der Waals surface area contributed by atoms with Gasteiger partial charge >= 0.3 is 0 Å². The van der Waals surface area contributed by atoms with Crippen LogP contribution in [0.2, 0.25) is 5.02 Å². The van der Waals surface area contributed by atoms with Crippen molar-refractivity contribution >= 4 is 22.6 Å². The Balaban J connectivity index is 2.47. The quantitative estimate of drug-likeness (QED) is 0.843. The van der Waals surface area contributed by atoms with Crippen LogP contribution in [0.4, 0.5) is 0 Å². The lowest BCUT2D eigenvalue weighted by Crippen LogP contribution is -2.15. The molecular weight excluding hydrogens is 210 g/mol. The third kappa shape index (κ3) is 2.01. The first-order chi connectivity index (χ1) is 7.08. The smallest absolute Gasteiger partial charge is 0.134 e. The van der Waals surface area contributed by atoms with E-state index in [4.69, 9.17) is 21.8 Å². The summed E-state index contributed by atoms with van der Waals surface area (Å²) in [5.41, 5.74) is 6.85. The number of hydrogen-bond acceptors (Lipinski definition) is 2. The number of rotatable bonds is 2. The van der Waals surface area contributed by atoms with Gasteiger partial charge in [-0.15, -0.1) is 0 Å². The van der Waals surface area contributed by atoms with E-state index in [2.05, 4.69) is 13.8 Å². The lowest BCUT2D eigenvalue weighted by molar-refractivity contribution is 0.418. The highest BCUT2D eigenvalue weighted by molar-refractivity contribution is 6.31. The van der Waals surface area contributed by atoms with Crippen molar-refractivity contribution in [2.75, 3.05) is 0 Å². The molecule has 0 radical (unpaired) electrons. The van der Waals surface area contributed by atoms with Crippen molar-refractivity contribution in [2.24, 2.45) is 11.7 Å². The van der Waals surface area contributed by atoms with Gasteiger partial charge in [0.05, 0.1) is 6.04 Å². The summed E-state index contributed by atoms with van der Waals surface area (Å²) in [6.07, 6.45) is 0. The first kappa shape index (κ1) is 10.5. The standard InChI is InChI=1S/C12H14ClNO/c1-7(2)12(14)11-6-8-5-9(13)3-4-10(8)15-11/h3-7,12H,14H2,1-2H3/t12-/m1/s1. The van der Waals surface area contributed by atoms with Gasteiger partial charge in [0.25, 0.3) is 0 Å². The molecule has 0 unspecified atom stereocenters. The van der Waals surface area contributed by atoms with Crippen molar-refractivity contribution in [3.8, 4) is 0 Å². The maximum Gasteiger partial charge on any atom is 0.134 e. The third-order valence-electron chi connectivity index (χ3n) is 2.54. The first-order valence-electron chi connectivity index (χ1n) is 5.02. The molecule has 0 aliphatic heterocycles. The molecule has 0 spiro atoms. The van der Waals surface area contributed by atoms with Crippen LogP contribution in [0.25, 0.3) is 11.0 Å². The van der Waals surface area contributed by atoms with Gasteiger partial charge in [-0.1, -0.05) is 25.4 Å². The minimum atomic E-state index is -0.0591. The summed E-state index contributed by atoms with van der Waals surface area (Å²) in [5.74, 6) is 1.18. The average Bonchev–Trinajstić information content (AvgIpc) is 2.58. The Kier molecular flexibility index (Phi) is 2.72. The van der Waals surface area contributed by atoms with E-state index in [-0.39, 0.29) is 6.04 Å². The Morgan fingerprint density at radius 3 is 2.67 bits per heavy atom. The van der Waals surface area contributed by atoms with E-state index in [9.17, 15) is 0 Å². The molecule has 0 aliphatic rings. The van der Waals surface area contributed by atoms with E-state index in [1.807, 2.05) is 24.3 Å². The molecule has 2 N–H and O–H groups in total. The molecule has 80 valence electrons. The van der Waals surface area contributed by atoms with E-state index >= 15 is 0 Å². The topological polar surface area (TPSA) is 39.2 Å². The highest BCUT2D eigenvalue weighted by atomic mass is 35.5. The van der Waals surface area contributed by atoms with Gasteiger partial charge in [-0.3, -0.25) is 0 Å². The van der Waals surface area contributed by atoms with Crippen molar-refractivity contribution in [1.82, 2.24) is 0 Å². The Labute approximate surface area is 94.0 Å². The van der Waals surface area contributed by atoms with E-state index in [0.29, 0.717) is 10.9 Å². The van der Waals surface area contributed by atoms with Gasteiger partial charge in [0.15, 0.2) is 0 Å². The van der Waals surface area contributed by atoms with Gasteiger partial charge in [0, 0.05) is 10.4 Å². The van der Waals surface area contributed by atoms with Crippen LogP contribution in [0.5, 0.6) is 0 Å². The Bertz CT molecular complexity index is 475. The van der Waals surface area contributed by atoms with Crippen molar-refractivity contribution in [3.63, 3.8) is 0 Å². The summed E-state index contributed by atoms with van der Waals surface area (Å²) in [4.78, 5) is 0. The molecule has 0 amide bonds. The van der Waals surface area contributed by atoms with Gasteiger partial charge in [0.1, 0.15) is 11.3 Å². The Morgan fingerprint density at radius 2 is 2.00 bits per heavy atom. The molecule has 0 saturated heterocycles. The summed E-state index contributed by atoms with van der Waals surface area (Å²) in [6, 6.07) is 7.48. The fourth-order valence-corrected chi connectivity index (χ4v) is 1.71. The monoisotopic (exact) mass is 223 g/mol. The number of fused-ring (bicyclic) bond motifs is 1. The van der Waals surface area contributed by atoms with Crippen molar-refractivity contribution in [3.05, 3.63) is 35.0 Å². The SMILES string of the molecule is CC(C)[C@@H](N)c1cc2cc(Cl)ccc2o1. The summed E-state index contributed by atoms with van der Waals surface area (Å²) in [7, 11) is 0. The van der Waals surface area contributed by atoms with Gasteiger partial charge in [0.2, 0.25) is 0 Å². The van der Waals surface area contributed by atoms with Crippen molar-refractivity contribution in [2.45, 2.75) is 19.9 Å². The van der Waals surface area contributed by atoms with Crippen LogP contribution < -0.4 is 5.73 Å². The average molecular weight is 224 g/mol. The molecule has 1 aromatic heterocycles. The van der Waals surface area contributed by atoms with E-state index in [0.717, 1.165) is 16.7 Å². The zero-order valence-corrected chi connectivity index (χ0v) is 9.58. The summed E-state index contributed by atoms with van der Waals surface area (Å²) >= 11 is 5.90. The number of benzene rings is 1. The number of halogens is 1. The molecule has 1 atom stereocenters. The number of furan rings is 1. The third-order valence-corrected chi connectivity index (χ3v) is 2.78. The van der Waals surface area contributed by atoms with Crippen molar-refractivity contribution in [1.29, 1.82) is 0 Å². The molecule has 2 aromatic rings. The Morgan fingerprint density at radius 1 is 1.27 bits per heavy atom. The van der Waals surface area contributed by atoms with Crippen LogP contribution in [-0.2, 0) is 0 Å². The molecule has 1 aromatic carbocycles. The fraction of sp³-hybridized carbons (Fsp3) is 0.333. The summed E-state index contributed by atoms with van der Waals surface area (Å²) in [5, 5.41) is 1.72. The molecule has 2 rings (SSSR count). The number of hydrogen-bond donors (Lipinski definition) is 1. The molecule has 0 fully saturated rings. The highest BCUT2D eigenvalue weighted by Gasteiger charge is 2.15. The van der Waals surface area contributed by atoms with Gasteiger partial charge in [-0.25, -0.2) is 0 Å². The van der Waals surface area contributed by atoms with Crippen molar-refractivity contribution < 1.29 is 4.42 Å². The zero-order chi connectivity index (χ0) is 11.0. The van der Waals surface area contributed by atoms with E-state index in [1.165, 1.54) is 0 Å². The maximum absolute atomic E-state index is 6.01. The lowest BCUT2D eigenvalue weighted by Gasteiger charge is -2.11. The predicted octanol–water partition coefficient (Wildman–Crippen LogP) is 3.74.